The fraction of sp³-hybridized carbons (Fsp3) is 0.462. The minimum Gasteiger partial charge on any atom is -0.381 e. The molecule has 1 aliphatic rings. The van der Waals surface area contributed by atoms with Crippen LogP contribution in [0.5, 0.6) is 0 Å². The van der Waals surface area contributed by atoms with Crippen molar-refractivity contribution in [2.24, 2.45) is 5.92 Å². The lowest BCUT2D eigenvalue weighted by molar-refractivity contribution is 0.0458. The van der Waals surface area contributed by atoms with Crippen LogP contribution in [-0.4, -0.2) is 19.0 Å². The molecule has 1 aliphatic heterocycles. The molecule has 1 heterocycles. The maximum atomic E-state index is 13.7. The van der Waals surface area contributed by atoms with Gasteiger partial charge in [0.2, 0.25) is 0 Å². The molecule has 2 nitrogen and oxygen atoms in total. The van der Waals surface area contributed by atoms with E-state index in [-0.39, 0.29) is 17.3 Å². The summed E-state index contributed by atoms with van der Waals surface area (Å²) in [6.45, 7) is 2.80. The molecule has 1 unspecified atom stereocenters. The first kappa shape index (κ1) is 11.3. The van der Waals surface area contributed by atoms with E-state index in [4.69, 9.17) is 4.74 Å². The monoisotopic (exact) mass is 222 g/mol. The quantitative estimate of drug-likeness (QED) is 0.719. The lowest BCUT2D eigenvalue weighted by Gasteiger charge is -2.21. The molecule has 0 radical (unpaired) electrons. The summed E-state index contributed by atoms with van der Waals surface area (Å²) >= 11 is 0. The average molecular weight is 222 g/mol. The molecule has 86 valence electrons. The molecule has 0 N–H and O–H groups in total. The Balaban J connectivity index is 2.22. The van der Waals surface area contributed by atoms with E-state index in [0.717, 1.165) is 12.8 Å². The van der Waals surface area contributed by atoms with Crippen molar-refractivity contribution in [3.05, 3.63) is 35.1 Å². The van der Waals surface area contributed by atoms with E-state index in [2.05, 4.69) is 0 Å². The molecule has 0 saturated carbocycles. The number of aryl methyl sites for hydroxylation is 1. The minimum absolute atomic E-state index is 0.124. The number of benzene rings is 1. The van der Waals surface area contributed by atoms with Crippen molar-refractivity contribution in [2.75, 3.05) is 13.2 Å². The van der Waals surface area contributed by atoms with Crippen LogP contribution in [0.4, 0.5) is 4.39 Å². The van der Waals surface area contributed by atoms with Gasteiger partial charge in [-0.15, -0.1) is 0 Å². The summed E-state index contributed by atoms with van der Waals surface area (Å²) in [6, 6.07) is 4.94. The maximum absolute atomic E-state index is 13.7. The fourth-order valence-corrected chi connectivity index (χ4v) is 2.01. The average Bonchev–Trinajstić information content (AvgIpc) is 2.33. The number of halogens is 1. The summed E-state index contributed by atoms with van der Waals surface area (Å²) in [5, 5.41) is 0. The van der Waals surface area contributed by atoms with E-state index in [9.17, 15) is 9.18 Å². The molecule has 0 bridgehead atoms. The first-order chi connectivity index (χ1) is 7.70. The predicted molar refractivity (Wildman–Crippen MR) is 59.0 cm³/mol. The Morgan fingerprint density at radius 2 is 2.31 bits per heavy atom. The van der Waals surface area contributed by atoms with Crippen LogP contribution in [0.2, 0.25) is 0 Å². The summed E-state index contributed by atoms with van der Waals surface area (Å²) in [4.78, 5) is 12.1. The summed E-state index contributed by atoms with van der Waals surface area (Å²) in [6.07, 6.45) is 1.68. The number of hydrogen-bond acceptors (Lipinski definition) is 2. The van der Waals surface area contributed by atoms with E-state index in [1.54, 1.807) is 25.1 Å². The van der Waals surface area contributed by atoms with Gasteiger partial charge in [0, 0.05) is 12.5 Å². The summed E-state index contributed by atoms with van der Waals surface area (Å²) in [5.41, 5.74) is 0.720. The maximum Gasteiger partial charge on any atom is 0.171 e. The highest BCUT2D eigenvalue weighted by Crippen LogP contribution is 2.21. The Morgan fingerprint density at radius 3 is 3.00 bits per heavy atom. The zero-order valence-corrected chi connectivity index (χ0v) is 9.33. The smallest absolute Gasteiger partial charge is 0.171 e. The van der Waals surface area contributed by atoms with Gasteiger partial charge in [0.1, 0.15) is 5.82 Å². The molecule has 2 rings (SSSR count). The van der Waals surface area contributed by atoms with E-state index in [0.29, 0.717) is 18.8 Å². The van der Waals surface area contributed by atoms with Gasteiger partial charge in [-0.1, -0.05) is 12.1 Å². The number of ketones is 1. The van der Waals surface area contributed by atoms with E-state index < -0.39 is 5.82 Å². The molecule has 16 heavy (non-hydrogen) atoms. The van der Waals surface area contributed by atoms with Crippen LogP contribution < -0.4 is 0 Å². The zero-order valence-electron chi connectivity index (χ0n) is 9.33. The third-order valence-corrected chi connectivity index (χ3v) is 2.99. The van der Waals surface area contributed by atoms with Crippen molar-refractivity contribution in [2.45, 2.75) is 19.8 Å². The van der Waals surface area contributed by atoms with Gasteiger partial charge in [0.05, 0.1) is 12.2 Å². The van der Waals surface area contributed by atoms with Crippen LogP contribution >= 0.6 is 0 Å². The van der Waals surface area contributed by atoms with Gasteiger partial charge in [-0.05, 0) is 31.4 Å². The highest BCUT2D eigenvalue weighted by molar-refractivity contribution is 5.98. The van der Waals surface area contributed by atoms with Crippen molar-refractivity contribution in [1.82, 2.24) is 0 Å². The second kappa shape index (κ2) is 4.74. The zero-order chi connectivity index (χ0) is 11.5. The fourth-order valence-electron chi connectivity index (χ4n) is 2.01. The van der Waals surface area contributed by atoms with E-state index >= 15 is 0 Å². The van der Waals surface area contributed by atoms with Crippen molar-refractivity contribution < 1.29 is 13.9 Å². The first-order valence-electron chi connectivity index (χ1n) is 5.57. The Hall–Kier alpha value is -1.22. The minimum atomic E-state index is -0.391. The van der Waals surface area contributed by atoms with Gasteiger partial charge >= 0.3 is 0 Å². The normalized spacial score (nSPS) is 20.8. The van der Waals surface area contributed by atoms with Gasteiger partial charge in [0.25, 0.3) is 0 Å². The lowest BCUT2D eigenvalue weighted by atomic mass is 9.92. The number of hydrogen-bond donors (Lipinski definition) is 0. The molecule has 0 amide bonds. The Kier molecular flexibility index (Phi) is 3.34. The van der Waals surface area contributed by atoms with Crippen molar-refractivity contribution >= 4 is 5.78 Å². The third-order valence-electron chi connectivity index (χ3n) is 2.99. The van der Waals surface area contributed by atoms with Gasteiger partial charge in [-0.2, -0.15) is 0 Å². The van der Waals surface area contributed by atoms with Crippen molar-refractivity contribution in [1.29, 1.82) is 0 Å². The first-order valence-corrected chi connectivity index (χ1v) is 5.57. The van der Waals surface area contributed by atoms with Crippen LogP contribution in [0.3, 0.4) is 0 Å². The Morgan fingerprint density at radius 1 is 1.50 bits per heavy atom. The standard InChI is InChI=1S/C13H15FO2/c1-9-4-2-6-11(12(9)14)13(15)10-5-3-7-16-8-10/h2,4,6,10H,3,5,7-8H2,1H3. The predicted octanol–water partition coefficient (Wildman–Crippen LogP) is 2.74. The third kappa shape index (κ3) is 2.14. The topological polar surface area (TPSA) is 26.3 Å². The van der Waals surface area contributed by atoms with Crippen molar-refractivity contribution in [3.63, 3.8) is 0 Å². The second-order valence-corrected chi connectivity index (χ2v) is 4.21. The van der Waals surface area contributed by atoms with Gasteiger partial charge in [0.15, 0.2) is 5.78 Å². The highest BCUT2D eigenvalue weighted by Gasteiger charge is 2.25. The molecule has 0 aliphatic carbocycles. The van der Waals surface area contributed by atoms with Crippen LogP contribution in [0.15, 0.2) is 18.2 Å². The largest absolute Gasteiger partial charge is 0.381 e. The van der Waals surface area contributed by atoms with Gasteiger partial charge in [-0.25, -0.2) is 4.39 Å². The number of carbonyl (C=O) groups is 1. The summed E-state index contributed by atoms with van der Waals surface area (Å²) in [5.74, 6) is -0.691. The second-order valence-electron chi connectivity index (χ2n) is 4.21. The number of carbonyl (C=O) groups excluding carboxylic acids is 1. The molecule has 1 fully saturated rings. The van der Waals surface area contributed by atoms with E-state index in [1.807, 2.05) is 0 Å². The molecule has 1 saturated heterocycles. The molecule has 1 atom stereocenters. The molecule has 1 aromatic rings. The SMILES string of the molecule is Cc1cccc(C(=O)C2CCCOC2)c1F. The number of rotatable bonds is 2. The van der Waals surface area contributed by atoms with Crippen molar-refractivity contribution in [3.8, 4) is 0 Å². The summed E-state index contributed by atoms with van der Waals surface area (Å²) in [7, 11) is 0. The molecule has 1 aromatic carbocycles. The molecule has 0 spiro atoms. The molecular weight excluding hydrogens is 207 g/mol. The van der Waals surface area contributed by atoms with Crippen LogP contribution in [-0.2, 0) is 4.74 Å². The highest BCUT2D eigenvalue weighted by atomic mass is 19.1. The van der Waals surface area contributed by atoms with Crippen LogP contribution in [0.1, 0.15) is 28.8 Å². The van der Waals surface area contributed by atoms with Gasteiger partial charge in [-0.3, -0.25) is 4.79 Å². The van der Waals surface area contributed by atoms with Crippen LogP contribution in [0.25, 0.3) is 0 Å². The Labute approximate surface area is 94.4 Å². The van der Waals surface area contributed by atoms with E-state index in [1.165, 1.54) is 0 Å². The van der Waals surface area contributed by atoms with Crippen LogP contribution in [0, 0.1) is 18.7 Å². The molecule has 0 aromatic heterocycles. The lowest BCUT2D eigenvalue weighted by Crippen LogP contribution is -2.26. The number of Topliss-reactive ketones (excluding diaryl/α,β-unsaturated/α-hetero) is 1. The Bertz CT molecular complexity index is 395. The molecular formula is C13H15FO2. The van der Waals surface area contributed by atoms with Gasteiger partial charge < -0.3 is 4.74 Å². The summed E-state index contributed by atoms with van der Waals surface area (Å²) < 4.78 is 19.0. The number of ether oxygens (including phenoxy) is 1. The molecule has 3 heteroatoms.